The molecular formula is C32H36F3NO5. The highest BCUT2D eigenvalue weighted by atomic mass is 19.4. The number of carboxylic acids is 1. The van der Waals surface area contributed by atoms with Gasteiger partial charge in [-0.1, -0.05) is 26.0 Å². The number of carbonyl (C=O) groups is 2. The van der Waals surface area contributed by atoms with Crippen LogP contribution < -0.4 is 14.8 Å². The van der Waals surface area contributed by atoms with Crippen molar-refractivity contribution in [2.24, 2.45) is 5.92 Å². The number of ketones is 1. The van der Waals surface area contributed by atoms with E-state index in [4.69, 9.17) is 9.84 Å². The van der Waals surface area contributed by atoms with Crippen molar-refractivity contribution in [1.82, 2.24) is 0 Å². The predicted octanol–water partition coefficient (Wildman–Crippen LogP) is 8.21. The van der Waals surface area contributed by atoms with Crippen LogP contribution in [0.3, 0.4) is 0 Å². The van der Waals surface area contributed by atoms with Crippen LogP contribution in [0.5, 0.6) is 11.5 Å². The molecule has 0 amide bonds. The van der Waals surface area contributed by atoms with E-state index in [2.05, 4.69) is 23.9 Å². The largest absolute Gasteiger partial charge is 0.573 e. The highest BCUT2D eigenvalue weighted by molar-refractivity contribution is 5.96. The minimum atomic E-state index is -4.73. The molecule has 1 atom stereocenters. The van der Waals surface area contributed by atoms with Gasteiger partial charge in [-0.15, -0.1) is 13.2 Å². The van der Waals surface area contributed by atoms with Crippen LogP contribution in [0.25, 0.3) is 11.1 Å². The van der Waals surface area contributed by atoms with Crippen molar-refractivity contribution in [3.8, 4) is 22.6 Å². The van der Waals surface area contributed by atoms with Crippen LogP contribution in [0.2, 0.25) is 0 Å². The lowest BCUT2D eigenvalue weighted by atomic mass is 9.95. The molecule has 41 heavy (non-hydrogen) atoms. The molecule has 0 aromatic heterocycles. The van der Waals surface area contributed by atoms with Gasteiger partial charge in [-0.2, -0.15) is 0 Å². The standard InChI is InChI=1S/C32H36F3NO5/c1-20(2)16-26(36-25-12-8-23(9-13-25)29(37)6-5-7-30(38)39)19-40-28-17-21(3)31(22(4)18-28)24-10-14-27(15-11-24)41-32(33,34)35/h8-15,17-18,20,26,36H,5-7,16,19H2,1-4H3,(H,38,39)/t26-/m0/s1. The molecule has 3 aromatic carbocycles. The van der Waals surface area contributed by atoms with Gasteiger partial charge in [-0.3, -0.25) is 9.59 Å². The van der Waals surface area contributed by atoms with Crippen LogP contribution in [0.15, 0.2) is 60.7 Å². The zero-order valence-corrected chi connectivity index (χ0v) is 23.7. The molecule has 3 rings (SSSR count). The number of aliphatic carboxylic acids is 1. The Bertz CT molecular complexity index is 1300. The van der Waals surface area contributed by atoms with Gasteiger partial charge < -0.3 is 19.9 Å². The fourth-order valence-corrected chi connectivity index (χ4v) is 4.75. The van der Waals surface area contributed by atoms with Crippen molar-refractivity contribution in [2.45, 2.75) is 65.8 Å². The molecule has 0 aliphatic carbocycles. The molecule has 0 saturated heterocycles. The lowest BCUT2D eigenvalue weighted by Crippen LogP contribution is -2.28. The fraction of sp³-hybridized carbons (Fsp3) is 0.375. The number of anilines is 1. The summed E-state index contributed by atoms with van der Waals surface area (Å²) in [5.41, 5.74) is 4.96. The second-order valence-corrected chi connectivity index (χ2v) is 10.5. The molecule has 0 fully saturated rings. The maximum absolute atomic E-state index is 12.5. The molecule has 0 aliphatic rings. The maximum atomic E-state index is 12.5. The third kappa shape index (κ3) is 10.2. The monoisotopic (exact) mass is 571 g/mol. The Hall–Kier alpha value is -4.01. The van der Waals surface area contributed by atoms with Gasteiger partial charge in [0.05, 0.1) is 6.04 Å². The average Bonchev–Trinajstić information content (AvgIpc) is 2.87. The minimum absolute atomic E-state index is 0.00594. The summed E-state index contributed by atoms with van der Waals surface area (Å²) in [6.07, 6.45) is -3.42. The molecule has 0 radical (unpaired) electrons. The first kappa shape index (κ1) is 31.5. The first-order valence-electron chi connectivity index (χ1n) is 13.5. The van der Waals surface area contributed by atoms with Crippen molar-refractivity contribution in [3.63, 3.8) is 0 Å². The molecule has 2 N–H and O–H groups in total. The average molecular weight is 572 g/mol. The first-order chi connectivity index (χ1) is 19.3. The number of hydrogen-bond donors (Lipinski definition) is 2. The summed E-state index contributed by atoms with van der Waals surface area (Å²) in [7, 11) is 0. The van der Waals surface area contributed by atoms with Gasteiger partial charge in [0.15, 0.2) is 5.78 Å². The summed E-state index contributed by atoms with van der Waals surface area (Å²) in [4.78, 5) is 23.0. The van der Waals surface area contributed by atoms with Crippen molar-refractivity contribution < 1.29 is 37.3 Å². The predicted molar refractivity (Wildman–Crippen MR) is 153 cm³/mol. The van der Waals surface area contributed by atoms with Gasteiger partial charge in [0, 0.05) is 24.1 Å². The van der Waals surface area contributed by atoms with Crippen molar-refractivity contribution in [2.75, 3.05) is 11.9 Å². The molecule has 0 unspecified atom stereocenters. The van der Waals surface area contributed by atoms with Crippen molar-refractivity contribution in [1.29, 1.82) is 0 Å². The number of benzene rings is 3. The summed E-state index contributed by atoms with van der Waals surface area (Å²) in [5.74, 6) is -0.165. The summed E-state index contributed by atoms with van der Waals surface area (Å²) in [6.45, 7) is 8.52. The molecule has 0 heterocycles. The molecule has 3 aromatic rings. The van der Waals surface area contributed by atoms with E-state index in [-0.39, 0.29) is 30.4 Å². The van der Waals surface area contributed by atoms with Gasteiger partial charge in [-0.05, 0) is 103 Å². The summed E-state index contributed by atoms with van der Waals surface area (Å²) in [6, 6.07) is 16.8. The summed E-state index contributed by atoms with van der Waals surface area (Å²) < 4.78 is 47.6. The van der Waals surface area contributed by atoms with Crippen molar-refractivity contribution >= 4 is 17.4 Å². The zero-order valence-electron chi connectivity index (χ0n) is 23.7. The van der Waals surface area contributed by atoms with Crippen LogP contribution in [-0.4, -0.2) is 35.9 Å². The van der Waals surface area contributed by atoms with E-state index in [9.17, 15) is 22.8 Å². The second-order valence-electron chi connectivity index (χ2n) is 10.5. The number of carboxylic acid groups (broad SMARTS) is 1. The Kier molecular flexibility index (Phi) is 10.8. The second kappa shape index (κ2) is 14.1. The Morgan fingerprint density at radius 2 is 1.51 bits per heavy atom. The van der Waals surface area contributed by atoms with E-state index in [1.54, 1.807) is 24.3 Å². The first-order valence-corrected chi connectivity index (χ1v) is 13.5. The van der Waals surface area contributed by atoms with Crippen LogP contribution in [0.4, 0.5) is 18.9 Å². The molecule has 0 saturated carbocycles. The Labute approximate surface area is 238 Å². The van der Waals surface area contributed by atoms with E-state index in [0.717, 1.165) is 34.4 Å². The van der Waals surface area contributed by atoms with Gasteiger partial charge in [-0.25, -0.2) is 0 Å². The molecule has 0 bridgehead atoms. The van der Waals surface area contributed by atoms with Crippen LogP contribution >= 0.6 is 0 Å². The molecule has 0 spiro atoms. The third-order valence-electron chi connectivity index (χ3n) is 6.46. The quantitative estimate of drug-likeness (QED) is 0.190. The van der Waals surface area contributed by atoms with Crippen LogP contribution in [0.1, 0.15) is 61.0 Å². The molecule has 6 nitrogen and oxygen atoms in total. The highest BCUT2D eigenvalue weighted by Crippen LogP contribution is 2.33. The number of carbonyl (C=O) groups excluding carboxylic acids is 1. The number of rotatable bonds is 14. The van der Waals surface area contributed by atoms with E-state index in [0.29, 0.717) is 30.3 Å². The molecular weight excluding hydrogens is 535 g/mol. The van der Waals surface area contributed by atoms with Gasteiger partial charge in [0.25, 0.3) is 0 Å². The number of Topliss-reactive ketones (excluding diaryl/α,β-unsaturated/α-hetero) is 1. The summed E-state index contributed by atoms with van der Waals surface area (Å²) >= 11 is 0. The van der Waals surface area contributed by atoms with E-state index >= 15 is 0 Å². The lowest BCUT2D eigenvalue weighted by molar-refractivity contribution is -0.274. The smallest absolute Gasteiger partial charge is 0.491 e. The number of hydrogen-bond acceptors (Lipinski definition) is 5. The summed E-state index contributed by atoms with van der Waals surface area (Å²) in [5, 5.41) is 12.2. The SMILES string of the molecule is Cc1cc(OC[C@H](CC(C)C)Nc2ccc(C(=O)CCCC(=O)O)cc2)cc(C)c1-c1ccc(OC(F)(F)F)cc1. The molecule has 9 heteroatoms. The van der Waals surface area contributed by atoms with Gasteiger partial charge in [0.1, 0.15) is 18.1 Å². The minimum Gasteiger partial charge on any atom is -0.491 e. The Morgan fingerprint density at radius 3 is 2.05 bits per heavy atom. The fourth-order valence-electron chi connectivity index (χ4n) is 4.75. The topological polar surface area (TPSA) is 84.9 Å². The van der Waals surface area contributed by atoms with Crippen LogP contribution in [0, 0.1) is 19.8 Å². The normalized spacial score (nSPS) is 12.2. The molecule has 220 valence electrons. The highest BCUT2D eigenvalue weighted by Gasteiger charge is 2.31. The number of aryl methyl sites for hydroxylation is 2. The van der Waals surface area contributed by atoms with E-state index in [1.807, 2.05) is 38.1 Å². The van der Waals surface area contributed by atoms with Gasteiger partial charge >= 0.3 is 12.3 Å². The van der Waals surface area contributed by atoms with E-state index in [1.165, 1.54) is 12.1 Å². The van der Waals surface area contributed by atoms with Crippen molar-refractivity contribution in [3.05, 3.63) is 77.4 Å². The number of halogens is 3. The Balaban J connectivity index is 1.65. The maximum Gasteiger partial charge on any atom is 0.573 e. The number of ether oxygens (including phenoxy) is 2. The molecule has 0 aliphatic heterocycles. The lowest BCUT2D eigenvalue weighted by Gasteiger charge is -2.23. The number of nitrogens with one attached hydrogen (secondary N) is 1. The van der Waals surface area contributed by atoms with Crippen LogP contribution in [-0.2, 0) is 4.79 Å². The number of alkyl halides is 3. The van der Waals surface area contributed by atoms with Gasteiger partial charge in [0.2, 0.25) is 0 Å². The Morgan fingerprint density at radius 1 is 0.902 bits per heavy atom. The van der Waals surface area contributed by atoms with E-state index < -0.39 is 12.3 Å². The third-order valence-corrected chi connectivity index (χ3v) is 6.46. The zero-order chi connectivity index (χ0) is 30.2.